The van der Waals surface area contributed by atoms with Gasteiger partial charge in [0.05, 0.1) is 20.3 Å². The fourth-order valence-electron chi connectivity index (χ4n) is 1.93. The second-order valence-electron chi connectivity index (χ2n) is 5.12. The molecule has 0 bridgehead atoms. The Kier molecular flexibility index (Phi) is 4.75. The fraction of sp³-hybridized carbons (Fsp3) is 0.533. The maximum atomic E-state index is 11.9. The van der Waals surface area contributed by atoms with Crippen LogP contribution in [0.15, 0.2) is 24.3 Å². The first-order chi connectivity index (χ1) is 9.50. The molecule has 0 aromatic heterocycles. The van der Waals surface area contributed by atoms with Crippen molar-refractivity contribution in [3.05, 3.63) is 29.8 Å². The normalized spacial score (nSPS) is 20.9. The van der Waals surface area contributed by atoms with E-state index in [1.807, 2.05) is 24.3 Å². The van der Waals surface area contributed by atoms with Crippen molar-refractivity contribution >= 4 is 5.78 Å². The third-order valence-electron chi connectivity index (χ3n) is 3.04. The molecule has 5 nitrogen and oxygen atoms in total. The molecule has 0 N–H and O–H groups in total. The monoisotopic (exact) mass is 280 g/mol. The summed E-state index contributed by atoms with van der Waals surface area (Å²) in [4.78, 5) is 11.9. The van der Waals surface area contributed by atoms with Gasteiger partial charge in [-0.3, -0.25) is 4.79 Å². The molecule has 2 rings (SSSR count). The second kappa shape index (κ2) is 6.35. The van der Waals surface area contributed by atoms with Crippen LogP contribution < -0.4 is 4.74 Å². The van der Waals surface area contributed by atoms with Gasteiger partial charge >= 0.3 is 0 Å². The summed E-state index contributed by atoms with van der Waals surface area (Å²) >= 11 is 0. The van der Waals surface area contributed by atoms with Crippen molar-refractivity contribution in [2.45, 2.75) is 32.3 Å². The number of benzene rings is 1. The average Bonchev–Trinajstić information content (AvgIpc) is 2.80. The van der Waals surface area contributed by atoms with Crippen LogP contribution in [0, 0.1) is 0 Å². The van der Waals surface area contributed by atoms with Crippen molar-refractivity contribution in [2.75, 3.05) is 20.3 Å². The van der Waals surface area contributed by atoms with Gasteiger partial charge in [-0.25, -0.2) is 0 Å². The molecule has 1 fully saturated rings. The summed E-state index contributed by atoms with van der Waals surface area (Å²) in [6.45, 7) is 4.28. The van der Waals surface area contributed by atoms with E-state index < -0.39 is 11.9 Å². The van der Waals surface area contributed by atoms with Gasteiger partial charge in [0, 0.05) is 0 Å². The molecule has 0 spiro atoms. The lowest BCUT2D eigenvalue weighted by atomic mass is 10.2. The zero-order valence-corrected chi connectivity index (χ0v) is 12.0. The summed E-state index contributed by atoms with van der Waals surface area (Å²) < 4.78 is 21.3. The molecule has 0 radical (unpaired) electrons. The van der Waals surface area contributed by atoms with Gasteiger partial charge in [-0.15, -0.1) is 0 Å². The summed E-state index contributed by atoms with van der Waals surface area (Å²) in [6.07, 6.45) is -0.527. The van der Waals surface area contributed by atoms with Gasteiger partial charge in [-0.2, -0.15) is 0 Å². The minimum atomic E-state index is -0.684. The first-order valence-electron chi connectivity index (χ1n) is 6.55. The molecule has 5 heteroatoms. The molecule has 0 aliphatic carbocycles. The van der Waals surface area contributed by atoms with E-state index >= 15 is 0 Å². The lowest BCUT2D eigenvalue weighted by Gasteiger charge is -2.16. The van der Waals surface area contributed by atoms with E-state index in [4.69, 9.17) is 18.9 Å². The highest BCUT2D eigenvalue weighted by atomic mass is 16.7. The van der Waals surface area contributed by atoms with Crippen LogP contribution in [-0.2, 0) is 25.6 Å². The Balaban J connectivity index is 1.74. The number of ether oxygens (including phenoxy) is 4. The largest absolute Gasteiger partial charge is 0.497 e. The number of ketones is 1. The summed E-state index contributed by atoms with van der Waals surface area (Å²) in [6, 6.07) is 7.52. The number of carbonyl (C=O) groups is 1. The van der Waals surface area contributed by atoms with Crippen LogP contribution in [0.25, 0.3) is 0 Å². The summed E-state index contributed by atoms with van der Waals surface area (Å²) in [5.74, 6) is 0.0173. The lowest BCUT2D eigenvalue weighted by Crippen LogP contribution is -2.29. The maximum Gasteiger partial charge on any atom is 0.189 e. The average molecular weight is 280 g/mol. The highest BCUT2D eigenvalue weighted by Gasteiger charge is 2.36. The predicted molar refractivity (Wildman–Crippen MR) is 72.6 cm³/mol. The fourth-order valence-corrected chi connectivity index (χ4v) is 1.93. The summed E-state index contributed by atoms with van der Waals surface area (Å²) in [5, 5.41) is 0. The Bertz CT molecular complexity index is 452. The molecule has 1 aliphatic rings. The minimum absolute atomic E-state index is 0.0239. The predicted octanol–water partition coefficient (Wildman–Crippen LogP) is 1.93. The van der Waals surface area contributed by atoms with Crippen LogP contribution in [0.4, 0.5) is 0 Å². The number of hydrogen-bond donors (Lipinski definition) is 0. The van der Waals surface area contributed by atoms with Crippen LogP contribution >= 0.6 is 0 Å². The Labute approximate surface area is 118 Å². The van der Waals surface area contributed by atoms with Gasteiger partial charge in [0.2, 0.25) is 0 Å². The molecule has 1 saturated heterocycles. The van der Waals surface area contributed by atoms with Crippen molar-refractivity contribution in [1.29, 1.82) is 0 Å². The van der Waals surface area contributed by atoms with Crippen molar-refractivity contribution in [3.63, 3.8) is 0 Å². The van der Waals surface area contributed by atoms with Crippen LogP contribution in [0.1, 0.15) is 19.4 Å². The van der Waals surface area contributed by atoms with E-state index in [1.165, 1.54) is 0 Å². The van der Waals surface area contributed by atoms with Crippen LogP contribution in [0.2, 0.25) is 0 Å². The topological polar surface area (TPSA) is 54.0 Å². The maximum absolute atomic E-state index is 11.9. The van der Waals surface area contributed by atoms with E-state index in [9.17, 15) is 4.79 Å². The third-order valence-corrected chi connectivity index (χ3v) is 3.04. The summed E-state index contributed by atoms with van der Waals surface area (Å²) in [5.41, 5.74) is 0.988. The van der Waals surface area contributed by atoms with Crippen LogP contribution in [0.3, 0.4) is 0 Å². The summed E-state index contributed by atoms with van der Waals surface area (Å²) in [7, 11) is 1.62. The third kappa shape index (κ3) is 4.03. The zero-order chi connectivity index (χ0) is 14.6. The Morgan fingerprint density at radius 2 is 2.05 bits per heavy atom. The number of Topliss-reactive ketones (excluding diaryl/α,β-unsaturated/α-hetero) is 1. The van der Waals surface area contributed by atoms with Gasteiger partial charge in [0.25, 0.3) is 0 Å². The van der Waals surface area contributed by atoms with Gasteiger partial charge in [0.1, 0.15) is 18.5 Å². The van der Waals surface area contributed by atoms with Crippen molar-refractivity contribution < 1.29 is 23.7 Å². The van der Waals surface area contributed by atoms with E-state index in [-0.39, 0.29) is 19.0 Å². The Morgan fingerprint density at radius 3 is 2.60 bits per heavy atom. The van der Waals surface area contributed by atoms with Gasteiger partial charge in [-0.05, 0) is 31.5 Å². The highest BCUT2D eigenvalue weighted by Crippen LogP contribution is 2.22. The zero-order valence-electron chi connectivity index (χ0n) is 12.0. The molecule has 0 unspecified atom stereocenters. The molecule has 1 aliphatic heterocycles. The van der Waals surface area contributed by atoms with Gasteiger partial charge < -0.3 is 18.9 Å². The molecule has 20 heavy (non-hydrogen) atoms. The number of methoxy groups -OCH3 is 1. The number of carbonyl (C=O) groups excluding carboxylic acids is 1. The molecule has 1 aromatic carbocycles. The SMILES string of the molecule is COc1ccc(COCC(=O)[C@H]2COC(C)(C)O2)cc1. The minimum Gasteiger partial charge on any atom is -0.497 e. The quantitative estimate of drug-likeness (QED) is 0.797. The van der Waals surface area contributed by atoms with Crippen molar-refractivity contribution in [1.82, 2.24) is 0 Å². The van der Waals surface area contributed by atoms with Gasteiger partial charge in [0.15, 0.2) is 11.6 Å². The van der Waals surface area contributed by atoms with Crippen molar-refractivity contribution in [2.24, 2.45) is 0 Å². The van der Waals surface area contributed by atoms with Crippen molar-refractivity contribution in [3.8, 4) is 5.75 Å². The second-order valence-corrected chi connectivity index (χ2v) is 5.12. The van der Waals surface area contributed by atoms with E-state index in [2.05, 4.69) is 0 Å². The van der Waals surface area contributed by atoms with E-state index in [0.29, 0.717) is 6.61 Å². The van der Waals surface area contributed by atoms with Crippen LogP contribution in [-0.4, -0.2) is 38.0 Å². The Hall–Kier alpha value is -1.43. The van der Waals surface area contributed by atoms with Crippen LogP contribution in [0.5, 0.6) is 5.75 Å². The standard InChI is InChI=1S/C15H20O5/c1-15(2)19-10-14(20-15)13(16)9-18-8-11-4-6-12(17-3)7-5-11/h4-7,14H,8-10H2,1-3H3/t14-/m1/s1. The molecule has 0 amide bonds. The molecule has 1 heterocycles. The molecule has 110 valence electrons. The molecule has 0 saturated carbocycles. The molecule has 1 aromatic rings. The number of rotatable bonds is 6. The number of hydrogen-bond acceptors (Lipinski definition) is 5. The Morgan fingerprint density at radius 1 is 1.35 bits per heavy atom. The first kappa shape index (κ1) is 15.0. The van der Waals surface area contributed by atoms with Gasteiger partial charge in [-0.1, -0.05) is 12.1 Å². The lowest BCUT2D eigenvalue weighted by molar-refractivity contribution is -0.154. The molecular formula is C15H20O5. The van der Waals surface area contributed by atoms with E-state index in [1.54, 1.807) is 21.0 Å². The first-order valence-corrected chi connectivity index (χ1v) is 6.55. The highest BCUT2D eigenvalue weighted by molar-refractivity contribution is 5.84. The molecule has 1 atom stereocenters. The molecular weight excluding hydrogens is 260 g/mol. The van der Waals surface area contributed by atoms with E-state index in [0.717, 1.165) is 11.3 Å². The smallest absolute Gasteiger partial charge is 0.189 e.